The van der Waals surface area contributed by atoms with Crippen molar-refractivity contribution in [2.24, 2.45) is 0 Å². The molecule has 9 nitrogen and oxygen atoms in total. The Bertz CT molecular complexity index is 752. The van der Waals surface area contributed by atoms with Gasteiger partial charge in [-0.15, -0.1) is 0 Å². The topological polar surface area (TPSA) is 105 Å². The van der Waals surface area contributed by atoms with Gasteiger partial charge >= 0.3 is 5.69 Å². The zero-order valence-electron chi connectivity index (χ0n) is 14.0. The smallest absolute Gasteiger partial charge is 0.353 e. The van der Waals surface area contributed by atoms with Crippen LogP contribution in [0.2, 0.25) is 5.02 Å². The molecular formula is C16H19ClN6O3. The van der Waals surface area contributed by atoms with Crippen molar-refractivity contribution in [3.8, 4) is 0 Å². The predicted octanol–water partition coefficient (Wildman–Crippen LogP) is 2.53. The van der Waals surface area contributed by atoms with E-state index in [-0.39, 0.29) is 17.3 Å². The van der Waals surface area contributed by atoms with E-state index < -0.39 is 4.92 Å². The van der Waals surface area contributed by atoms with Crippen LogP contribution in [0, 0.1) is 10.1 Å². The number of nitrogens with zero attached hydrogens (tertiary/aromatic N) is 4. The summed E-state index contributed by atoms with van der Waals surface area (Å²) in [4.78, 5) is 21.3. The molecule has 1 aliphatic heterocycles. The van der Waals surface area contributed by atoms with Gasteiger partial charge in [0.15, 0.2) is 0 Å². The standard InChI is InChI=1S/C16H19ClN6O3/c17-12-1-3-13(4-2-12)21-16-14(23(24)25)15(19-11-20-16)18-5-6-22-7-9-26-10-8-22/h1-4,11H,5-10H2,(H2,18,19,20,21). The first-order valence-electron chi connectivity index (χ1n) is 8.19. The van der Waals surface area contributed by atoms with Crippen LogP contribution < -0.4 is 10.6 Å². The molecule has 2 heterocycles. The van der Waals surface area contributed by atoms with E-state index >= 15 is 0 Å². The van der Waals surface area contributed by atoms with E-state index in [1.165, 1.54) is 6.33 Å². The van der Waals surface area contributed by atoms with Crippen molar-refractivity contribution in [1.29, 1.82) is 0 Å². The number of benzene rings is 1. The molecule has 1 saturated heterocycles. The Balaban J connectivity index is 1.70. The van der Waals surface area contributed by atoms with Gasteiger partial charge in [0.25, 0.3) is 0 Å². The van der Waals surface area contributed by atoms with Crippen LogP contribution in [-0.4, -0.2) is 59.2 Å². The van der Waals surface area contributed by atoms with Crippen LogP contribution in [0.3, 0.4) is 0 Å². The van der Waals surface area contributed by atoms with Gasteiger partial charge in [-0.05, 0) is 24.3 Å². The Kier molecular flexibility index (Phi) is 6.16. The van der Waals surface area contributed by atoms with E-state index in [1.54, 1.807) is 24.3 Å². The number of rotatable bonds is 7. The molecule has 0 saturated carbocycles. The quantitative estimate of drug-likeness (QED) is 0.559. The molecule has 1 aromatic heterocycles. The first-order valence-corrected chi connectivity index (χ1v) is 8.57. The molecule has 0 atom stereocenters. The zero-order chi connectivity index (χ0) is 18.4. The minimum Gasteiger partial charge on any atom is -0.379 e. The summed E-state index contributed by atoms with van der Waals surface area (Å²) in [5.74, 6) is 0.316. The molecule has 138 valence electrons. The number of hydrogen-bond acceptors (Lipinski definition) is 8. The molecule has 0 spiro atoms. The number of hydrogen-bond donors (Lipinski definition) is 2. The Morgan fingerprint density at radius 2 is 1.88 bits per heavy atom. The molecule has 2 N–H and O–H groups in total. The first-order chi connectivity index (χ1) is 12.6. The number of aromatic nitrogens is 2. The maximum atomic E-state index is 11.5. The average Bonchev–Trinajstić information content (AvgIpc) is 2.64. The van der Waals surface area contributed by atoms with Gasteiger partial charge in [0, 0.05) is 36.9 Å². The summed E-state index contributed by atoms with van der Waals surface area (Å²) in [5.41, 5.74) is 0.458. The summed E-state index contributed by atoms with van der Waals surface area (Å²) < 4.78 is 5.31. The number of halogens is 1. The fourth-order valence-electron chi connectivity index (χ4n) is 2.60. The summed E-state index contributed by atoms with van der Waals surface area (Å²) in [6.07, 6.45) is 1.29. The summed E-state index contributed by atoms with van der Waals surface area (Å²) in [6.45, 7) is 4.43. The molecule has 10 heteroatoms. The lowest BCUT2D eigenvalue weighted by atomic mass is 10.3. The van der Waals surface area contributed by atoms with E-state index in [2.05, 4.69) is 25.5 Å². The van der Waals surface area contributed by atoms with E-state index in [4.69, 9.17) is 16.3 Å². The molecule has 3 rings (SSSR count). The van der Waals surface area contributed by atoms with Gasteiger partial charge in [0.1, 0.15) is 6.33 Å². The SMILES string of the molecule is O=[N+]([O-])c1c(NCCN2CCOCC2)ncnc1Nc1ccc(Cl)cc1. The third kappa shape index (κ3) is 4.78. The van der Waals surface area contributed by atoms with Crippen LogP contribution in [-0.2, 0) is 4.74 Å². The van der Waals surface area contributed by atoms with Crippen molar-refractivity contribution in [1.82, 2.24) is 14.9 Å². The molecule has 0 aliphatic carbocycles. The molecule has 0 bridgehead atoms. The third-order valence-corrected chi connectivity index (χ3v) is 4.19. The number of ether oxygens (including phenoxy) is 1. The molecule has 26 heavy (non-hydrogen) atoms. The molecular weight excluding hydrogens is 360 g/mol. The van der Waals surface area contributed by atoms with Crippen LogP contribution in [0.25, 0.3) is 0 Å². The lowest BCUT2D eigenvalue weighted by molar-refractivity contribution is -0.383. The van der Waals surface area contributed by atoms with Crippen molar-refractivity contribution < 1.29 is 9.66 Å². The van der Waals surface area contributed by atoms with E-state index in [1.807, 2.05) is 0 Å². The number of morpholine rings is 1. The molecule has 0 radical (unpaired) electrons. The maximum Gasteiger partial charge on any atom is 0.353 e. The summed E-state index contributed by atoms with van der Waals surface area (Å²) in [6, 6.07) is 6.83. The fraction of sp³-hybridized carbons (Fsp3) is 0.375. The predicted molar refractivity (Wildman–Crippen MR) is 99.2 cm³/mol. The van der Waals surface area contributed by atoms with Gasteiger partial charge < -0.3 is 15.4 Å². The van der Waals surface area contributed by atoms with Crippen LogP contribution in [0.5, 0.6) is 0 Å². The second kappa shape index (κ2) is 8.75. The summed E-state index contributed by atoms with van der Waals surface area (Å²) in [5, 5.41) is 18.1. The Labute approximate surface area is 155 Å². The van der Waals surface area contributed by atoms with Crippen molar-refractivity contribution in [2.75, 3.05) is 50.0 Å². The largest absolute Gasteiger partial charge is 0.379 e. The highest BCUT2D eigenvalue weighted by molar-refractivity contribution is 6.30. The van der Waals surface area contributed by atoms with Gasteiger partial charge in [-0.2, -0.15) is 0 Å². The molecule has 1 fully saturated rings. The minimum atomic E-state index is -0.491. The number of nitrogens with one attached hydrogen (secondary N) is 2. The molecule has 0 amide bonds. The van der Waals surface area contributed by atoms with Gasteiger partial charge in [-0.1, -0.05) is 11.6 Å². The summed E-state index contributed by atoms with van der Waals surface area (Å²) in [7, 11) is 0. The first kappa shape index (κ1) is 18.3. The van der Waals surface area contributed by atoms with Crippen molar-refractivity contribution in [2.45, 2.75) is 0 Å². The molecule has 1 aromatic carbocycles. The van der Waals surface area contributed by atoms with Crippen LogP contribution in [0.4, 0.5) is 23.0 Å². The molecule has 0 unspecified atom stereocenters. The van der Waals surface area contributed by atoms with Gasteiger partial charge in [-0.3, -0.25) is 15.0 Å². The maximum absolute atomic E-state index is 11.5. The summed E-state index contributed by atoms with van der Waals surface area (Å²) >= 11 is 5.86. The van der Waals surface area contributed by atoms with Gasteiger partial charge in [0.05, 0.1) is 18.1 Å². The normalized spacial score (nSPS) is 14.8. The van der Waals surface area contributed by atoms with Crippen molar-refractivity contribution >= 4 is 34.6 Å². The fourth-order valence-corrected chi connectivity index (χ4v) is 2.73. The molecule has 2 aromatic rings. The monoisotopic (exact) mass is 378 g/mol. The van der Waals surface area contributed by atoms with Crippen molar-refractivity contribution in [3.05, 3.63) is 45.7 Å². The highest BCUT2D eigenvalue weighted by Gasteiger charge is 2.23. The van der Waals surface area contributed by atoms with Crippen molar-refractivity contribution in [3.63, 3.8) is 0 Å². The van der Waals surface area contributed by atoms with Gasteiger partial charge in [-0.25, -0.2) is 9.97 Å². The third-order valence-electron chi connectivity index (χ3n) is 3.94. The molecule has 1 aliphatic rings. The van der Waals surface area contributed by atoms with E-state index in [0.29, 0.717) is 30.5 Å². The second-order valence-corrected chi connectivity index (χ2v) is 6.13. The highest BCUT2D eigenvalue weighted by atomic mass is 35.5. The lowest BCUT2D eigenvalue weighted by Gasteiger charge is -2.26. The van der Waals surface area contributed by atoms with Crippen LogP contribution in [0.1, 0.15) is 0 Å². The zero-order valence-corrected chi connectivity index (χ0v) is 14.8. The number of anilines is 3. The van der Waals surface area contributed by atoms with Gasteiger partial charge in [0.2, 0.25) is 11.6 Å². The average molecular weight is 379 g/mol. The highest BCUT2D eigenvalue weighted by Crippen LogP contribution is 2.31. The Morgan fingerprint density at radius 1 is 1.19 bits per heavy atom. The minimum absolute atomic E-state index is 0.126. The second-order valence-electron chi connectivity index (χ2n) is 5.69. The Morgan fingerprint density at radius 3 is 2.58 bits per heavy atom. The number of nitro groups is 1. The van der Waals surface area contributed by atoms with Crippen LogP contribution in [0.15, 0.2) is 30.6 Å². The van der Waals surface area contributed by atoms with Crippen LogP contribution >= 0.6 is 11.6 Å². The van der Waals surface area contributed by atoms with E-state index in [9.17, 15) is 10.1 Å². The van der Waals surface area contributed by atoms with E-state index in [0.717, 1.165) is 19.6 Å². The lowest BCUT2D eigenvalue weighted by Crippen LogP contribution is -2.39. The Hall–Kier alpha value is -2.49.